The number of hydrogen-bond donors (Lipinski definition) is 1. The summed E-state index contributed by atoms with van der Waals surface area (Å²) < 4.78 is 5.72. The Morgan fingerprint density at radius 2 is 1.93 bits per heavy atom. The number of likely N-dealkylation sites (tertiary alicyclic amines) is 1. The van der Waals surface area contributed by atoms with Gasteiger partial charge in [-0.15, -0.1) is 11.3 Å². The second-order valence-corrected chi connectivity index (χ2v) is 8.99. The number of hydrogen-bond acceptors (Lipinski definition) is 4. The van der Waals surface area contributed by atoms with Crippen molar-refractivity contribution in [3.05, 3.63) is 50.6 Å². The minimum atomic E-state index is -0.652. The molecule has 1 aliphatic heterocycles. The predicted octanol–water partition coefficient (Wildman–Crippen LogP) is 4.42. The third kappa shape index (κ3) is 6.36. The standard InChI is InChI=1S/C21H24Cl2N2O3S/c1-14(28-18-12-16(22)11-17(23)13-18)21(27)25-8-5-15(6-9-25)20(26)24-7-4-19-3-2-10-29-19/h2-3,10-15H,4-9H2,1H3,(H,24,26). The molecule has 1 saturated heterocycles. The highest BCUT2D eigenvalue weighted by Gasteiger charge is 2.30. The zero-order chi connectivity index (χ0) is 20.8. The first-order valence-corrected chi connectivity index (χ1v) is 11.3. The summed E-state index contributed by atoms with van der Waals surface area (Å²) in [5, 5.41) is 5.97. The third-order valence-electron chi connectivity index (χ3n) is 4.92. The molecule has 2 aromatic rings. The van der Waals surface area contributed by atoms with Gasteiger partial charge in [0.1, 0.15) is 5.75 Å². The maximum absolute atomic E-state index is 12.7. The first-order chi connectivity index (χ1) is 13.9. The summed E-state index contributed by atoms with van der Waals surface area (Å²) in [6, 6.07) is 8.95. The van der Waals surface area contributed by atoms with Gasteiger partial charge in [-0.25, -0.2) is 0 Å². The maximum Gasteiger partial charge on any atom is 0.263 e. The molecule has 2 heterocycles. The van der Waals surface area contributed by atoms with E-state index in [2.05, 4.69) is 11.4 Å². The van der Waals surface area contributed by atoms with E-state index in [9.17, 15) is 9.59 Å². The molecule has 3 rings (SSSR count). The fourth-order valence-corrected chi connectivity index (χ4v) is 4.59. The zero-order valence-corrected chi connectivity index (χ0v) is 18.5. The largest absolute Gasteiger partial charge is 0.481 e. The van der Waals surface area contributed by atoms with Gasteiger partial charge in [-0.2, -0.15) is 0 Å². The van der Waals surface area contributed by atoms with E-state index >= 15 is 0 Å². The number of carbonyl (C=O) groups is 2. The first kappa shape index (κ1) is 21.9. The summed E-state index contributed by atoms with van der Waals surface area (Å²) in [5.74, 6) is 0.387. The van der Waals surface area contributed by atoms with Crippen LogP contribution in [-0.2, 0) is 16.0 Å². The highest BCUT2D eigenvalue weighted by molar-refractivity contribution is 7.09. The van der Waals surface area contributed by atoms with Gasteiger partial charge in [0.2, 0.25) is 5.91 Å². The molecule has 1 unspecified atom stereocenters. The molecule has 1 aromatic heterocycles. The molecule has 0 bridgehead atoms. The number of thiophene rings is 1. The van der Waals surface area contributed by atoms with Crippen LogP contribution in [0.3, 0.4) is 0 Å². The molecule has 1 atom stereocenters. The quantitative estimate of drug-likeness (QED) is 0.673. The Hall–Kier alpha value is -1.76. The topological polar surface area (TPSA) is 58.6 Å². The number of rotatable bonds is 7. The van der Waals surface area contributed by atoms with Crippen molar-refractivity contribution in [2.24, 2.45) is 5.92 Å². The summed E-state index contributed by atoms with van der Waals surface area (Å²) in [4.78, 5) is 28.1. The minimum Gasteiger partial charge on any atom is -0.481 e. The van der Waals surface area contributed by atoms with Crippen LogP contribution in [0, 0.1) is 5.92 Å². The van der Waals surface area contributed by atoms with Crippen molar-refractivity contribution in [1.29, 1.82) is 0 Å². The summed E-state index contributed by atoms with van der Waals surface area (Å²) in [7, 11) is 0. The van der Waals surface area contributed by atoms with Gasteiger partial charge in [0.15, 0.2) is 6.10 Å². The number of nitrogens with zero attached hydrogens (tertiary/aromatic N) is 1. The lowest BCUT2D eigenvalue weighted by molar-refractivity contribution is -0.141. The second kappa shape index (κ2) is 10.3. The molecule has 1 fully saturated rings. The molecule has 0 spiro atoms. The van der Waals surface area contributed by atoms with Gasteiger partial charge >= 0.3 is 0 Å². The Morgan fingerprint density at radius 3 is 2.55 bits per heavy atom. The molecule has 1 aromatic carbocycles. The lowest BCUT2D eigenvalue weighted by Crippen LogP contribution is -2.47. The van der Waals surface area contributed by atoms with E-state index in [1.54, 1.807) is 41.4 Å². The van der Waals surface area contributed by atoms with Gasteiger partial charge in [0, 0.05) is 40.5 Å². The Labute approximate surface area is 184 Å². The SMILES string of the molecule is CC(Oc1cc(Cl)cc(Cl)c1)C(=O)N1CCC(C(=O)NCCc2cccs2)CC1. The highest BCUT2D eigenvalue weighted by atomic mass is 35.5. The molecule has 0 saturated carbocycles. The summed E-state index contributed by atoms with van der Waals surface area (Å²) in [5.41, 5.74) is 0. The number of nitrogens with one attached hydrogen (secondary N) is 1. The number of piperidine rings is 1. The third-order valence-corrected chi connectivity index (χ3v) is 6.30. The van der Waals surface area contributed by atoms with Gasteiger partial charge in [-0.05, 0) is 55.8 Å². The van der Waals surface area contributed by atoms with Gasteiger partial charge < -0.3 is 15.0 Å². The normalized spacial score (nSPS) is 15.8. The number of amides is 2. The Balaban J connectivity index is 1.42. The Bertz CT molecular complexity index is 816. The maximum atomic E-state index is 12.7. The van der Waals surface area contributed by atoms with Gasteiger partial charge in [0.05, 0.1) is 0 Å². The van der Waals surface area contributed by atoms with E-state index in [1.807, 2.05) is 11.4 Å². The highest BCUT2D eigenvalue weighted by Crippen LogP contribution is 2.26. The molecule has 1 N–H and O–H groups in total. The van der Waals surface area contributed by atoms with E-state index < -0.39 is 6.10 Å². The van der Waals surface area contributed by atoms with Crippen molar-refractivity contribution < 1.29 is 14.3 Å². The number of halogens is 2. The molecular weight excluding hydrogens is 431 g/mol. The van der Waals surface area contributed by atoms with Gasteiger partial charge in [-0.1, -0.05) is 29.3 Å². The Kier molecular flexibility index (Phi) is 7.81. The van der Waals surface area contributed by atoms with Crippen LogP contribution in [0.2, 0.25) is 10.0 Å². The van der Waals surface area contributed by atoms with Crippen LogP contribution in [0.15, 0.2) is 35.7 Å². The average Bonchev–Trinajstić information content (AvgIpc) is 3.20. The fourth-order valence-electron chi connectivity index (χ4n) is 3.38. The molecular formula is C21H24Cl2N2O3S. The van der Waals surface area contributed by atoms with Crippen LogP contribution in [-0.4, -0.2) is 42.5 Å². The van der Waals surface area contributed by atoms with Gasteiger partial charge in [0.25, 0.3) is 5.91 Å². The Morgan fingerprint density at radius 1 is 1.24 bits per heavy atom. The van der Waals surface area contributed by atoms with Crippen LogP contribution in [0.4, 0.5) is 0 Å². The lowest BCUT2D eigenvalue weighted by atomic mass is 9.95. The summed E-state index contributed by atoms with van der Waals surface area (Å²) in [6.45, 7) is 3.45. The average molecular weight is 455 g/mol. The predicted molar refractivity (Wildman–Crippen MR) is 117 cm³/mol. The minimum absolute atomic E-state index is 0.0506. The van der Waals surface area contributed by atoms with Crippen molar-refractivity contribution in [1.82, 2.24) is 10.2 Å². The molecule has 8 heteroatoms. The molecule has 156 valence electrons. The summed E-state index contributed by atoms with van der Waals surface area (Å²) >= 11 is 13.6. The smallest absolute Gasteiger partial charge is 0.263 e. The summed E-state index contributed by atoms with van der Waals surface area (Å²) in [6.07, 6.45) is 1.52. The molecule has 1 aliphatic rings. The van der Waals surface area contributed by atoms with Crippen molar-refractivity contribution in [2.45, 2.75) is 32.3 Å². The van der Waals surface area contributed by atoms with Crippen LogP contribution in [0.5, 0.6) is 5.75 Å². The molecule has 5 nitrogen and oxygen atoms in total. The van der Waals surface area contributed by atoms with Crippen molar-refractivity contribution in [2.75, 3.05) is 19.6 Å². The number of ether oxygens (including phenoxy) is 1. The van der Waals surface area contributed by atoms with E-state index in [-0.39, 0.29) is 17.7 Å². The first-order valence-electron chi connectivity index (χ1n) is 9.64. The fraction of sp³-hybridized carbons (Fsp3) is 0.429. The van der Waals surface area contributed by atoms with E-state index in [0.717, 1.165) is 6.42 Å². The molecule has 0 radical (unpaired) electrons. The van der Waals surface area contributed by atoms with Gasteiger partial charge in [-0.3, -0.25) is 9.59 Å². The van der Waals surface area contributed by atoms with Crippen LogP contribution < -0.4 is 10.1 Å². The van der Waals surface area contributed by atoms with Crippen molar-refractivity contribution >= 4 is 46.4 Å². The molecule has 29 heavy (non-hydrogen) atoms. The number of benzene rings is 1. The van der Waals surface area contributed by atoms with Crippen molar-refractivity contribution in [3.63, 3.8) is 0 Å². The lowest BCUT2D eigenvalue weighted by Gasteiger charge is -2.33. The van der Waals surface area contributed by atoms with E-state index in [4.69, 9.17) is 27.9 Å². The van der Waals surface area contributed by atoms with E-state index in [0.29, 0.717) is 48.3 Å². The molecule has 0 aliphatic carbocycles. The van der Waals surface area contributed by atoms with Crippen LogP contribution >= 0.6 is 34.5 Å². The zero-order valence-electron chi connectivity index (χ0n) is 16.2. The van der Waals surface area contributed by atoms with Crippen LogP contribution in [0.25, 0.3) is 0 Å². The second-order valence-electron chi connectivity index (χ2n) is 7.09. The van der Waals surface area contributed by atoms with Crippen LogP contribution in [0.1, 0.15) is 24.6 Å². The van der Waals surface area contributed by atoms with Crippen molar-refractivity contribution in [3.8, 4) is 5.75 Å². The monoisotopic (exact) mass is 454 g/mol. The molecule has 2 amide bonds. The number of carbonyl (C=O) groups excluding carboxylic acids is 2. The van der Waals surface area contributed by atoms with E-state index in [1.165, 1.54) is 4.88 Å².